The highest BCUT2D eigenvalue weighted by molar-refractivity contribution is 5.63. The van der Waals surface area contributed by atoms with Gasteiger partial charge in [0.2, 0.25) is 0 Å². The van der Waals surface area contributed by atoms with Crippen molar-refractivity contribution in [2.45, 2.75) is 25.4 Å². The Labute approximate surface area is 100 Å². The molecule has 0 spiro atoms. The second-order valence-corrected chi connectivity index (χ2v) is 4.62. The molecule has 3 rings (SSSR count). The molecule has 88 valence electrons. The molecular formula is C13H16N4. The highest BCUT2D eigenvalue weighted by Crippen LogP contribution is 2.23. The molecule has 1 aliphatic heterocycles. The summed E-state index contributed by atoms with van der Waals surface area (Å²) in [4.78, 5) is 4.65. The smallest absolute Gasteiger partial charge is 0.109 e. The second-order valence-electron chi connectivity index (χ2n) is 4.62. The van der Waals surface area contributed by atoms with Gasteiger partial charge in [0.15, 0.2) is 0 Å². The van der Waals surface area contributed by atoms with E-state index < -0.39 is 0 Å². The van der Waals surface area contributed by atoms with Crippen molar-refractivity contribution in [1.82, 2.24) is 9.55 Å². The molecule has 4 nitrogen and oxygen atoms in total. The number of hydrogen-bond acceptors (Lipinski definition) is 3. The van der Waals surface area contributed by atoms with Crippen LogP contribution in [0.1, 0.15) is 12.2 Å². The molecule has 1 atom stereocenters. The average molecular weight is 228 g/mol. The number of aryl methyl sites for hydroxylation is 1. The molecule has 0 amide bonds. The van der Waals surface area contributed by atoms with Crippen LogP contribution < -0.4 is 11.5 Å². The van der Waals surface area contributed by atoms with E-state index in [9.17, 15) is 0 Å². The molecule has 1 aromatic heterocycles. The summed E-state index contributed by atoms with van der Waals surface area (Å²) in [5.74, 6) is 1.13. The minimum Gasteiger partial charge on any atom is -0.399 e. The minimum absolute atomic E-state index is 0.255. The molecule has 1 unspecified atom stereocenters. The first kappa shape index (κ1) is 10.4. The lowest BCUT2D eigenvalue weighted by atomic mass is 10.1. The highest BCUT2D eigenvalue weighted by atomic mass is 15.1. The first-order chi connectivity index (χ1) is 8.22. The topological polar surface area (TPSA) is 69.9 Å². The Kier molecular flexibility index (Phi) is 2.37. The van der Waals surface area contributed by atoms with Crippen LogP contribution in [0.4, 0.5) is 5.69 Å². The van der Waals surface area contributed by atoms with E-state index in [0.29, 0.717) is 0 Å². The molecule has 4 N–H and O–H groups in total. The monoisotopic (exact) mass is 228 g/mol. The summed E-state index contributed by atoms with van der Waals surface area (Å²) in [5.41, 5.74) is 14.6. The lowest BCUT2D eigenvalue weighted by molar-refractivity contribution is 0.453. The fraction of sp³-hybridized carbons (Fsp3) is 0.308. The maximum atomic E-state index is 5.95. The van der Waals surface area contributed by atoms with Crippen LogP contribution >= 0.6 is 0 Å². The number of aromatic nitrogens is 2. The van der Waals surface area contributed by atoms with Gasteiger partial charge < -0.3 is 16.0 Å². The van der Waals surface area contributed by atoms with Gasteiger partial charge in [-0.1, -0.05) is 12.1 Å². The van der Waals surface area contributed by atoms with Crippen LogP contribution in [0.25, 0.3) is 11.3 Å². The molecule has 17 heavy (non-hydrogen) atoms. The number of hydrogen-bond donors (Lipinski definition) is 2. The van der Waals surface area contributed by atoms with E-state index in [-0.39, 0.29) is 6.04 Å². The van der Waals surface area contributed by atoms with Crippen LogP contribution in [0.2, 0.25) is 0 Å². The summed E-state index contributed by atoms with van der Waals surface area (Å²) in [6.07, 6.45) is 4.06. The van der Waals surface area contributed by atoms with E-state index in [1.165, 1.54) is 0 Å². The van der Waals surface area contributed by atoms with Crippen molar-refractivity contribution in [3.63, 3.8) is 0 Å². The maximum Gasteiger partial charge on any atom is 0.109 e. The van der Waals surface area contributed by atoms with Gasteiger partial charge in [-0.05, 0) is 18.6 Å². The van der Waals surface area contributed by atoms with E-state index in [1.807, 2.05) is 24.3 Å². The van der Waals surface area contributed by atoms with Crippen LogP contribution in [0.5, 0.6) is 0 Å². The lowest BCUT2D eigenvalue weighted by Crippen LogP contribution is -2.31. The number of rotatable bonds is 1. The number of nitrogen functional groups attached to an aromatic ring is 1. The average Bonchev–Trinajstić information content (AvgIpc) is 2.72. The van der Waals surface area contributed by atoms with Crippen molar-refractivity contribution in [1.29, 1.82) is 0 Å². The van der Waals surface area contributed by atoms with Crippen LogP contribution in [-0.2, 0) is 13.0 Å². The zero-order valence-corrected chi connectivity index (χ0v) is 9.63. The van der Waals surface area contributed by atoms with Gasteiger partial charge >= 0.3 is 0 Å². The zero-order chi connectivity index (χ0) is 11.8. The van der Waals surface area contributed by atoms with Gasteiger partial charge in [0.1, 0.15) is 5.82 Å². The van der Waals surface area contributed by atoms with Crippen LogP contribution in [0.15, 0.2) is 30.5 Å². The fourth-order valence-corrected chi connectivity index (χ4v) is 2.31. The normalized spacial score (nSPS) is 19.0. The fourth-order valence-electron chi connectivity index (χ4n) is 2.31. The van der Waals surface area contributed by atoms with E-state index in [0.717, 1.165) is 42.2 Å². The zero-order valence-electron chi connectivity index (χ0n) is 9.63. The maximum absolute atomic E-state index is 5.95. The van der Waals surface area contributed by atoms with Crippen molar-refractivity contribution in [3.8, 4) is 11.3 Å². The van der Waals surface area contributed by atoms with Gasteiger partial charge in [-0.3, -0.25) is 0 Å². The number of benzene rings is 1. The molecule has 2 heterocycles. The third-order valence-electron chi connectivity index (χ3n) is 3.21. The molecule has 0 saturated heterocycles. The molecule has 0 aliphatic carbocycles. The summed E-state index contributed by atoms with van der Waals surface area (Å²) in [6, 6.07) is 8.08. The van der Waals surface area contributed by atoms with Crippen molar-refractivity contribution in [2.24, 2.45) is 5.73 Å². The van der Waals surface area contributed by atoms with Crippen molar-refractivity contribution < 1.29 is 0 Å². The van der Waals surface area contributed by atoms with Gasteiger partial charge in [-0.25, -0.2) is 4.98 Å². The third-order valence-corrected chi connectivity index (χ3v) is 3.21. The molecular weight excluding hydrogens is 212 g/mol. The van der Waals surface area contributed by atoms with Crippen LogP contribution in [0.3, 0.4) is 0 Å². The predicted molar refractivity (Wildman–Crippen MR) is 68.4 cm³/mol. The van der Waals surface area contributed by atoms with Gasteiger partial charge in [0.05, 0.1) is 5.69 Å². The van der Waals surface area contributed by atoms with Crippen molar-refractivity contribution >= 4 is 5.69 Å². The van der Waals surface area contributed by atoms with E-state index in [4.69, 9.17) is 11.5 Å². The SMILES string of the molecule is Nc1cccc(-c2cn3c(n2)CCC(N)C3)c1. The summed E-state index contributed by atoms with van der Waals surface area (Å²) >= 11 is 0. The standard InChI is InChI=1S/C13H16N4/c14-10-3-1-2-9(6-10)12-8-17-7-11(15)4-5-13(17)16-12/h1-3,6,8,11H,4-5,7,14-15H2. The van der Waals surface area contributed by atoms with Gasteiger partial charge in [-0.2, -0.15) is 0 Å². The summed E-state index contributed by atoms with van der Waals surface area (Å²) in [7, 11) is 0. The highest BCUT2D eigenvalue weighted by Gasteiger charge is 2.17. The quantitative estimate of drug-likeness (QED) is 0.725. The van der Waals surface area contributed by atoms with E-state index in [2.05, 4.69) is 15.7 Å². The first-order valence-corrected chi connectivity index (χ1v) is 5.90. The Morgan fingerprint density at radius 1 is 1.35 bits per heavy atom. The molecule has 2 aromatic rings. The number of anilines is 1. The van der Waals surface area contributed by atoms with Crippen LogP contribution in [-0.4, -0.2) is 15.6 Å². The molecule has 0 radical (unpaired) electrons. The Hall–Kier alpha value is -1.81. The first-order valence-electron chi connectivity index (χ1n) is 5.90. The van der Waals surface area contributed by atoms with Crippen molar-refractivity contribution in [2.75, 3.05) is 5.73 Å². The van der Waals surface area contributed by atoms with Gasteiger partial charge in [0.25, 0.3) is 0 Å². The molecule has 1 aromatic carbocycles. The Morgan fingerprint density at radius 3 is 3.06 bits per heavy atom. The largest absolute Gasteiger partial charge is 0.399 e. The van der Waals surface area contributed by atoms with Gasteiger partial charge in [-0.15, -0.1) is 0 Å². The molecule has 0 saturated carbocycles. The number of fused-ring (bicyclic) bond motifs is 1. The molecule has 1 aliphatic rings. The molecule has 4 heteroatoms. The minimum atomic E-state index is 0.255. The Morgan fingerprint density at radius 2 is 2.24 bits per heavy atom. The summed E-state index contributed by atoms with van der Waals surface area (Å²) < 4.78 is 2.16. The predicted octanol–water partition coefficient (Wildman–Crippen LogP) is 1.41. The van der Waals surface area contributed by atoms with Gasteiger partial charge in [0, 0.05) is 36.5 Å². The summed E-state index contributed by atoms with van der Waals surface area (Å²) in [5, 5.41) is 0. The number of imidazole rings is 1. The Bertz CT molecular complexity index is 544. The summed E-state index contributed by atoms with van der Waals surface area (Å²) in [6.45, 7) is 0.866. The molecule has 0 bridgehead atoms. The Balaban J connectivity index is 2.00. The molecule has 0 fully saturated rings. The number of nitrogens with two attached hydrogens (primary N) is 2. The second kappa shape index (κ2) is 3.89. The van der Waals surface area contributed by atoms with Crippen LogP contribution in [0, 0.1) is 0 Å². The van der Waals surface area contributed by atoms with Crippen molar-refractivity contribution in [3.05, 3.63) is 36.3 Å². The van der Waals surface area contributed by atoms with E-state index >= 15 is 0 Å². The van der Waals surface area contributed by atoms with E-state index in [1.54, 1.807) is 0 Å². The lowest BCUT2D eigenvalue weighted by Gasteiger charge is -2.19. The third kappa shape index (κ3) is 1.91. The number of nitrogens with zero attached hydrogens (tertiary/aromatic N) is 2.